The molecule has 2 heterocycles. The van der Waals surface area contributed by atoms with Gasteiger partial charge in [0.15, 0.2) is 11.5 Å². The summed E-state index contributed by atoms with van der Waals surface area (Å²) in [5, 5.41) is 4.96. The average molecular weight is 473 g/mol. The fourth-order valence-corrected chi connectivity index (χ4v) is 3.93. The van der Waals surface area contributed by atoms with Crippen molar-refractivity contribution in [3.8, 4) is 11.5 Å². The number of nitrogens with one attached hydrogen (secondary N) is 1. The van der Waals surface area contributed by atoms with Crippen LogP contribution in [0.3, 0.4) is 0 Å². The maximum absolute atomic E-state index is 11.8. The Bertz CT molecular complexity index is 1160. The van der Waals surface area contributed by atoms with Crippen LogP contribution in [-0.2, 0) is 4.79 Å². The molecule has 1 aliphatic rings. The highest BCUT2D eigenvalue weighted by Gasteiger charge is 2.24. The smallest absolute Gasteiger partial charge is 0.245 e. The molecule has 9 heteroatoms. The van der Waals surface area contributed by atoms with Gasteiger partial charge in [0, 0.05) is 43.1 Å². The predicted molar refractivity (Wildman–Crippen MR) is 126 cm³/mol. The molecule has 1 N–H and O–H groups in total. The summed E-state index contributed by atoms with van der Waals surface area (Å²) in [4.78, 5) is 22.3. The van der Waals surface area contributed by atoms with Crippen LogP contribution < -0.4 is 14.8 Å². The third-order valence-corrected chi connectivity index (χ3v) is 6.06. The van der Waals surface area contributed by atoms with Crippen molar-refractivity contribution in [3.63, 3.8) is 0 Å². The quantitative estimate of drug-likeness (QED) is 0.494. The van der Waals surface area contributed by atoms with Crippen LogP contribution in [0.5, 0.6) is 11.5 Å². The first-order valence-electron chi connectivity index (χ1n) is 10.1. The Morgan fingerprint density at radius 1 is 1.16 bits per heavy atom. The highest BCUT2D eigenvalue weighted by molar-refractivity contribution is 6.42. The van der Waals surface area contributed by atoms with Crippen molar-refractivity contribution >= 4 is 51.5 Å². The Labute approximate surface area is 196 Å². The molecule has 32 heavy (non-hydrogen) atoms. The lowest BCUT2D eigenvalue weighted by Gasteiger charge is -2.31. The van der Waals surface area contributed by atoms with Gasteiger partial charge in [0.25, 0.3) is 0 Å². The van der Waals surface area contributed by atoms with Gasteiger partial charge < -0.3 is 19.7 Å². The molecule has 1 fully saturated rings. The van der Waals surface area contributed by atoms with Gasteiger partial charge in [0.2, 0.25) is 5.91 Å². The number of likely N-dealkylation sites (tertiary alicyclic amines) is 1. The lowest BCUT2D eigenvalue weighted by Crippen LogP contribution is -2.41. The monoisotopic (exact) mass is 472 g/mol. The third kappa shape index (κ3) is 4.74. The number of halogens is 2. The van der Waals surface area contributed by atoms with Crippen molar-refractivity contribution in [3.05, 3.63) is 59.4 Å². The van der Waals surface area contributed by atoms with Gasteiger partial charge in [0.05, 0.1) is 22.7 Å². The average Bonchev–Trinajstić information content (AvgIpc) is 2.81. The second-order valence-electron chi connectivity index (χ2n) is 7.34. The highest BCUT2D eigenvalue weighted by atomic mass is 35.5. The lowest BCUT2D eigenvalue weighted by molar-refractivity contribution is -0.127. The summed E-state index contributed by atoms with van der Waals surface area (Å²) in [7, 11) is 1.59. The summed E-state index contributed by atoms with van der Waals surface area (Å²) in [6.45, 7) is 4.80. The number of hydrogen-bond acceptors (Lipinski definition) is 6. The number of nitrogens with zero attached hydrogens (tertiary/aromatic N) is 3. The third-order valence-electron chi connectivity index (χ3n) is 5.32. The summed E-state index contributed by atoms with van der Waals surface area (Å²) >= 11 is 12.2. The molecule has 3 aromatic rings. The fraction of sp³-hybridized carbons (Fsp3) is 0.261. The Morgan fingerprint density at radius 3 is 2.62 bits per heavy atom. The minimum atomic E-state index is -0.0538. The number of piperidine rings is 1. The minimum absolute atomic E-state index is 0.0358. The first-order valence-corrected chi connectivity index (χ1v) is 10.9. The zero-order valence-corrected chi connectivity index (χ0v) is 19.0. The van der Waals surface area contributed by atoms with E-state index in [4.69, 9.17) is 32.7 Å². The first kappa shape index (κ1) is 22.2. The van der Waals surface area contributed by atoms with Gasteiger partial charge in [-0.25, -0.2) is 9.97 Å². The number of aromatic nitrogens is 2. The number of methoxy groups -OCH3 is 1. The molecule has 1 saturated heterocycles. The standard InChI is InChI=1S/C23H22Cl2N4O3/c1-3-22(30)29-8-6-15(7-9-29)32-21-11-16-19(12-20(21)31-2)26-13-27-23(16)28-14-4-5-17(24)18(25)10-14/h3-5,10-13,15H,1,6-9H2,2H3,(H,26,27,28). The van der Waals surface area contributed by atoms with Crippen molar-refractivity contribution in [2.75, 3.05) is 25.5 Å². The van der Waals surface area contributed by atoms with Crippen LogP contribution in [0.4, 0.5) is 11.5 Å². The van der Waals surface area contributed by atoms with Crippen molar-refractivity contribution in [2.45, 2.75) is 18.9 Å². The molecule has 0 saturated carbocycles. The first-order chi connectivity index (χ1) is 15.5. The lowest BCUT2D eigenvalue weighted by atomic mass is 10.1. The molecular weight excluding hydrogens is 451 g/mol. The van der Waals surface area contributed by atoms with Crippen LogP contribution in [-0.4, -0.2) is 47.1 Å². The van der Waals surface area contributed by atoms with Gasteiger partial charge in [0.1, 0.15) is 18.2 Å². The van der Waals surface area contributed by atoms with Gasteiger partial charge in [-0.05, 0) is 30.3 Å². The van der Waals surface area contributed by atoms with E-state index < -0.39 is 0 Å². The van der Waals surface area contributed by atoms with E-state index in [9.17, 15) is 4.79 Å². The minimum Gasteiger partial charge on any atom is -0.493 e. The van der Waals surface area contributed by atoms with Crippen LogP contribution in [0.1, 0.15) is 12.8 Å². The van der Waals surface area contributed by atoms with Crippen LogP contribution in [0, 0.1) is 0 Å². The topological polar surface area (TPSA) is 76.6 Å². The van der Waals surface area contributed by atoms with Crippen LogP contribution >= 0.6 is 23.2 Å². The van der Waals surface area contributed by atoms with Crippen LogP contribution in [0.2, 0.25) is 10.0 Å². The molecule has 0 radical (unpaired) electrons. The fourth-order valence-electron chi connectivity index (χ4n) is 3.63. The molecule has 0 bridgehead atoms. The number of rotatable bonds is 6. The number of amides is 1. The second kappa shape index (κ2) is 9.63. The van der Waals surface area contributed by atoms with Crippen molar-refractivity contribution in [2.24, 2.45) is 0 Å². The molecule has 2 aromatic carbocycles. The van der Waals surface area contributed by atoms with Gasteiger partial charge in [-0.1, -0.05) is 29.8 Å². The van der Waals surface area contributed by atoms with Crippen LogP contribution in [0.25, 0.3) is 10.9 Å². The summed E-state index contributed by atoms with van der Waals surface area (Å²) in [5.74, 6) is 1.73. The molecule has 0 atom stereocenters. The highest BCUT2D eigenvalue weighted by Crippen LogP contribution is 2.36. The van der Waals surface area contributed by atoms with Gasteiger partial charge in [-0.2, -0.15) is 0 Å². The molecule has 0 spiro atoms. The number of hydrogen-bond donors (Lipinski definition) is 1. The maximum atomic E-state index is 11.8. The Hall–Kier alpha value is -3.03. The molecule has 1 aromatic heterocycles. The number of benzene rings is 2. The number of anilines is 2. The van der Waals surface area contributed by atoms with E-state index in [0.29, 0.717) is 46.0 Å². The SMILES string of the molecule is C=CC(=O)N1CCC(Oc2cc3c(Nc4ccc(Cl)c(Cl)c4)ncnc3cc2OC)CC1. The summed E-state index contributed by atoms with van der Waals surface area (Å²) in [6, 6.07) is 8.97. The summed E-state index contributed by atoms with van der Waals surface area (Å²) in [5.41, 5.74) is 1.45. The molecule has 1 aliphatic heterocycles. The zero-order valence-electron chi connectivity index (χ0n) is 17.5. The second-order valence-corrected chi connectivity index (χ2v) is 8.16. The van der Waals surface area contributed by atoms with E-state index in [-0.39, 0.29) is 12.0 Å². The molecular formula is C23H22Cl2N4O3. The normalized spacial score (nSPS) is 14.3. The Kier molecular flexibility index (Phi) is 6.67. The number of carbonyl (C=O) groups excluding carboxylic acids is 1. The maximum Gasteiger partial charge on any atom is 0.245 e. The number of carbonyl (C=O) groups is 1. The Morgan fingerprint density at radius 2 is 1.94 bits per heavy atom. The van der Waals surface area contributed by atoms with E-state index in [1.165, 1.54) is 12.4 Å². The van der Waals surface area contributed by atoms with E-state index in [2.05, 4.69) is 21.9 Å². The van der Waals surface area contributed by atoms with E-state index in [0.717, 1.165) is 23.9 Å². The van der Waals surface area contributed by atoms with E-state index in [1.54, 1.807) is 24.1 Å². The Balaban J connectivity index is 1.60. The molecule has 0 aliphatic carbocycles. The molecule has 1 amide bonds. The summed E-state index contributed by atoms with van der Waals surface area (Å²) in [6.07, 6.45) is 4.23. The summed E-state index contributed by atoms with van der Waals surface area (Å²) < 4.78 is 11.8. The number of ether oxygens (including phenoxy) is 2. The van der Waals surface area contributed by atoms with Crippen molar-refractivity contribution < 1.29 is 14.3 Å². The van der Waals surface area contributed by atoms with Crippen molar-refractivity contribution in [1.82, 2.24) is 14.9 Å². The molecule has 166 valence electrons. The van der Waals surface area contributed by atoms with E-state index >= 15 is 0 Å². The van der Waals surface area contributed by atoms with Gasteiger partial charge in [-0.15, -0.1) is 0 Å². The molecule has 7 nitrogen and oxygen atoms in total. The van der Waals surface area contributed by atoms with Crippen LogP contribution in [0.15, 0.2) is 49.3 Å². The van der Waals surface area contributed by atoms with Crippen molar-refractivity contribution in [1.29, 1.82) is 0 Å². The van der Waals surface area contributed by atoms with E-state index in [1.807, 2.05) is 18.2 Å². The zero-order chi connectivity index (χ0) is 22.7. The molecule has 0 unspecified atom stereocenters. The molecule has 4 rings (SSSR count). The van der Waals surface area contributed by atoms with Gasteiger partial charge in [-0.3, -0.25) is 4.79 Å². The predicted octanol–water partition coefficient (Wildman–Crippen LogP) is 5.24. The van der Waals surface area contributed by atoms with Gasteiger partial charge >= 0.3 is 0 Å². The number of fused-ring (bicyclic) bond motifs is 1. The largest absolute Gasteiger partial charge is 0.493 e.